The van der Waals surface area contributed by atoms with E-state index in [0.29, 0.717) is 30.4 Å². The summed E-state index contributed by atoms with van der Waals surface area (Å²) in [6.07, 6.45) is 1.10. The highest BCUT2D eigenvalue weighted by Gasteiger charge is 2.27. The minimum atomic E-state index is -3.45. The number of benzene rings is 2. The summed E-state index contributed by atoms with van der Waals surface area (Å²) in [5.41, 5.74) is 1.74. The molecule has 1 fully saturated rings. The first-order valence-electron chi connectivity index (χ1n) is 9.95. The minimum absolute atomic E-state index is 0.243. The van der Waals surface area contributed by atoms with Crippen LogP contribution in [-0.2, 0) is 14.8 Å². The Bertz CT molecular complexity index is 932. The molecule has 29 heavy (non-hydrogen) atoms. The van der Waals surface area contributed by atoms with Crippen molar-refractivity contribution in [2.75, 3.05) is 18.4 Å². The van der Waals surface area contributed by atoms with E-state index in [1.54, 1.807) is 19.1 Å². The number of anilines is 1. The predicted molar refractivity (Wildman–Crippen MR) is 114 cm³/mol. The zero-order valence-electron chi connectivity index (χ0n) is 17.1. The number of carbonyl (C=O) groups excluding carboxylic acids is 1. The number of hydrogen-bond donors (Lipinski definition) is 1. The Labute approximate surface area is 172 Å². The van der Waals surface area contributed by atoms with Crippen LogP contribution in [0.15, 0.2) is 53.4 Å². The predicted octanol–water partition coefficient (Wildman–Crippen LogP) is 4.00. The summed E-state index contributed by atoms with van der Waals surface area (Å²) in [5, 5.41) is 2.77. The SMILES string of the molecule is CC(C)c1ccc(O[C@@H](C)C(=O)Nc2ccc(S(=O)(=O)N3CCCC3)cc2)cc1. The molecule has 0 aliphatic carbocycles. The van der Waals surface area contributed by atoms with Gasteiger partial charge >= 0.3 is 0 Å². The standard InChI is InChI=1S/C22H28N2O4S/c1-16(2)18-6-10-20(11-7-18)28-17(3)22(25)23-19-8-12-21(13-9-19)29(26,27)24-14-4-5-15-24/h6-13,16-17H,4-5,14-15H2,1-3H3,(H,23,25)/t17-/m0/s1. The van der Waals surface area contributed by atoms with Gasteiger partial charge in [-0.05, 0) is 67.6 Å². The summed E-state index contributed by atoms with van der Waals surface area (Å²) in [6, 6.07) is 14.0. The topological polar surface area (TPSA) is 75.7 Å². The van der Waals surface area contributed by atoms with Crippen molar-refractivity contribution in [3.63, 3.8) is 0 Å². The number of carbonyl (C=O) groups is 1. The van der Waals surface area contributed by atoms with Gasteiger partial charge < -0.3 is 10.1 Å². The maximum atomic E-state index is 12.6. The van der Waals surface area contributed by atoms with Crippen LogP contribution in [0.5, 0.6) is 5.75 Å². The van der Waals surface area contributed by atoms with E-state index >= 15 is 0 Å². The Morgan fingerprint density at radius 1 is 0.966 bits per heavy atom. The lowest BCUT2D eigenvalue weighted by atomic mass is 10.0. The molecule has 0 bridgehead atoms. The van der Waals surface area contributed by atoms with E-state index in [1.807, 2.05) is 24.3 Å². The van der Waals surface area contributed by atoms with Crippen LogP contribution in [0.4, 0.5) is 5.69 Å². The number of nitrogens with one attached hydrogen (secondary N) is 1. The number of ether oxygens (including phenoxy) is 1. The van der Waals surface area contributed by atoms with Gasteiger partial charge in [-0.25, -0.2) is 8.42 Å². The van der Waals surface area contributed by atoms with Crippen molar-refractivity contribution in [2.45, 2.75) is 50.5 Å². The van der Waals surface area contributed by atoms with Crippen molar-refractivity contribution in [2.24, 2.45) is 0 Å². The van der Waals surface area contributed by atoms with Gasteiger partial charge in [-0.3, -0.25) is 4.79 Å². The number of nitrogens with zero attached hydrogens (tertiary/aromatic N) is 1. The third-order valence-corrected chi connectivity index (χ3v) is 6.97. The fraction of sp³-hybridized carbons (Fsp3) is 0.409. The lowest BCUT2D eigenvalue weighted by Gasteiger charge is -2.17. The summed E-state index contributed by atoms with van der Waals surface area (Å²) in [4.78, 5) is 12.7. The molecular formula is C22H28N2O4S. The molecule has 0 spiro atoms. The van der Waals surface area contributed by atoms with E-state index in [4.69, 9.17) is 4.74 Å². The Morgan fingerprint density at radius 2 is 1.55 bits per heavy atom. The number of sulfonamides is 1. The van der Waals surface area contributed by atoms with Crippen molar-refractivity contribution in [1.29, 1.82) is 0 Å². The van der Waals surface area contributed by atoms with E-state index < -0.39 is 16.1 Å². The molecule has 2 aromatic carbocycles. The van der Waals surface area contributed by atoms with Crippen LogP contribution in [-0.4, -0.2) is 37.8 Å². The average Bonchev–Trinajstić information content (AvgIpc) is 3.24. The molecule has 1 amide bonds. The molecule has 7 heteroatoms. The van der Waals surface area contributed by atoms with E-state index in [1.165, 1.54) is 22.0 Å². The maximum absolute atomic E-state index is 12.6. The van der Waals surface area contributed by atoms with Crippen LogP contribution in [0.25, 0.3) is 0 Å². The fourth-order valence-electron chi connectivity index (χ4n) is 3.22. The molecule has 1 aliphatic heterocycles. The second-order valence-electron chi connectivity index (χ2n) is 7.61. The van der Waals surface area contributed by atoms with E-state index in [9.17, 15) is 13.2 Å². The number of amides is 1. The highest BCUT2D eigenvalue weighted by molar-refractivity contribution is 7.89. The molecule has 0 saturated carbocycles. The van der Waals surface area contributed by atoms with Gasteiger partial charge in [0.1, 0.15) is 5.75 Å². The van der Waals surface area contributed by atoms with Crippen LogP contribution >= 0.6 is 0 Å². The van der Waals surface area contributed by atoms with Gasteiger partial charge in [0.05, 0.1) is 4.90 Å². The lowest BCUT2D eigenvalue weighted by molar-refractivity contribution is -0.122. The van der Waals surface area contributed by atoms with Crippen molar-refractivity contribution in [3.8, 4) is 5.75 Å². The zero-order valence-corrected chi connectivity index (χ0v) is 17.9. The second kappa shape index (κ2) is 8.97. The number of rotatable bonds is 7. The molecule has 1 atom stereocenters. The van der Waals surface area contributed by atoms with Gasteiger partial charge in [-0.15, -0.1) is 0 Å². The smallest absolute Gasteiger partial charge is 0.265 e. The van der Waals surface area contributed by atoms with Crippen LogP contribution in [0.2, 0.25) is 0 Å². The first kappa shape index (κ1) is 21.3. The Morgan fingerprint density at radius 3 is 2.10 bits per heavy atom. The molecule has 0 unspecified atom stereocenters. The van der Waals surface area contributed by atoms with Crippen LogP contribution in [0, 0.1) is 0 Å². The zero-order chi connectivity index (χ0) is 21.0. The molecule has 2 aromatic rings. The molecule has 156 valence electrons. The summed E-state index contributed by atoms with van der Waals surface area (Å²) in [5.74, 6) is 0.763. The largest absolute Gasteiger partial charge is 0.481 e. The highest BCUT2D eigenvalue weighted by atomic mass is 32.2. The summed E-state index contributed by atoms with van der Waals surface area (Å²) in [7, 11) is -3.45. The summed E-state index contributed by atoms with van der Waals surface area (Å²) >= 11 is 0. The summed E-state index contributed by atoms with van der Waals surface area (Å²) < 4.78 is 32.3. The molecule has 1 aliphatic rings. The van der Waals surface area contributed by atoms with E-state index in [2.05, 4.69) is 19.2 Å². The van der Waals surface area contributed by atoms with Crippen LogP contribution in [0.3, 0.4) is 0 Å². The molecule has 1 N–H and O–H groups in total. The first-order chi connectivity index (χ1) is 13.8. The average molecular weight is 417 g/mol. The molecule has 0 aromatic heterocycles. The van der Waals surface area contributed by atoms with E-state index in [-0.39, 0.29) is 10.8 Å². The Balaban J connectivity index is 1.59. The molecule has 1 heterocycles. The molecule has 6 nitrogen and oxygen atoms in total. The van der Waals surface area contributed by atoms with Gasteiger partial charge in [-0.2, -0.15) is 4.31 Å². The third-order valence-electron chi connectivity index (χ3n) is 5.05. The van der Waals surface area contributed by atoms with Gasteiger partial charge in [0.2, 0.25) is 10.0 Å². The Kier molecular flexibility index (Phi) is 6.59. The maximum Gasteiger partial charge on any atom is 0.265 e. The molecular weight excluding hydrogens is 388 g/mol. The van der Waals surface area contributed by atoms with Gasteiger partial charge in [-0.1, -0.05) is 26.0 Å². The minimum Gasteiger partial charge on any atom is -0.481 e. The molecule has 1 saturated heterocycles. The first-order valence-corrected chi connectivity index (χ1v) is 11.4. The fourth-order valence-corrected chi connectivity index (χ4v) is 4.74. The number of hydrogen-bond acceptors (Lipinski definition) is 4. The van der Waals surface area contributed by atoms with Gasteiger partial charge in [0, 0.05) is 18.8 Å². The Hall–Kier alpha value is -2.38. The summed E-state index contributed by atoms with van der Waals surface area (Å²) in [6.45, 7) is 7.04. The highest BCUT2D eigenvalue weighted by Crippen LogP contribution is 2.23. The molecule has 3 rings (SSSR count). The van der Waals surface area contributed by atoms with Crippen molar-refractivity contribution >= 4 is 21.6 Å². The van der Waals surface area contributed by atoms with Gasteiger partial charge in [0.25, 0.3) is 5.91 Å². The van der Waals surface area contributed by atoms with Crippen molar-refractivity contribution in [1.82, 2.24) is 4.31 Å². The lowest BCUT2D eigenvalue weighted by Crippen LogP contribution is -2.30. The normalized spacial score (nSPS) is 16.0. The quantitative estimate of drug-likeness (QED) is 0.740. The van der Waals surface area contributed by atoms with Gasteiger partial charge in [0.15, 0.2) is 6.10 Å². The van der Waals surface area contributed by atoms with E-state index in [0.717, 1.165) is 12.8 Å². The van der Waals surface area contributed by atoms with Crippen LogP contribution < -0.4 is 10.1 Å². The van der Waals surface area contributed by atoms with Crippen LogP contribution in [0.1, 0.15) is 45.1 Å². The second-order valence-corrected chi connectivity index (χ2v) is 9.55. The molecule has 0 radical (unpaired) electrons. The van der Waals surface area contributed by atoms with Crippen molar-refractivity contribution in [3.05, 3.63) is 54.1 Å². The monoisotopic (exact) mass is 416 g/mol. The van der Waals surface area contributed by atoms with Crippen molar-refractivity contribution < 1.29 is 17.9 Å². The third kappa shape index (κ3) is 5.16.